The molecule has 0 saturated heterocycles. The van der Waals surface area contributed by atoms with Crippen molar-refractivity contribution >= 4 is 24.0 Å². The van der Waals surface area contributed by atoms with Gasteiger partial charge in [0.05, 0.1) is 17.0 Å². The predicted molar refractivity (Wildman–Crippen MR) is 84.3 cm³/mol. The number of carbonyl (C=O) groups excluding carboxylic acids is 1. The van der Waals surface area contributed by atoms with E-state index in [0.29, 0.717) is 5.56 Å². The fourth-order valence-corrected chi connectivity index (χ4v) is 1.81. The van der Waals surface area contributed by atoms with Crippen LogP contribution in [-0.2, 0) is 4.79 Å². The van der Waals surface area contributed by atoms with E-state index in [1.165, 1.54) is 12.1 Å². The third-order valence-electron chi connectivity index (χ3n) is 3.50. The average molecular weight is 316 g/mol. The Balaban J connectivity index is 0.00000400. The van der Waals surface area contributed by atoms with Gasteiger partial charge >= 0.3 is 0 Å². The number of hydrogen-bond donors (Lipinski definition) is 2. The smallest absolute Gasteiger partial charge is 0.269 e. The molecule has 6 nitrogen and oxygen atoms in total. The van der Waals surface area contributed by atoms with Gasteiger partial charge in [0.15, 0.2) is 0 Å². The Morgan fingerprint density at radius 2 is 2.05 bits per heavy atom. The maximum absolute atomic E-state index is 12.0. The molecule has 0 spiro atoms. The molecule has 3 atom stereocenters. The van der Waals surface area contributed by atoms with Gasteiger partial charge < -0.3 is 11.1 Å². The van der Waals surface area contributed by atoms with E-state index in [0.717, 1.165) is 6.42 Å². The van der Waals surface area contributed by atoms with Gasteiger partial charge in [0.2, 0.25) is 5.91 Å². The van der Waals surface area contributed by atoms with Crippen molar-refractivity contribution in [3.8, 4) is 0 Å². The monoisotopic (exact) mass is 315 g/mol. The van der Waals surface area contributed by atoms with Crippen LogP contribution in [0.4, 0.5) is 5.69 Å². The van der Waals surface area contributed by atoms with Gasteiger partial charge in [-0.05, 0) is 18.4 Å². The molecule has 0 heterocycles. The van der Waals surface area contributed by atoms with Crippen LogP contribution in [0.15, 0.2) is 24.3 Å². The number of rotatable bonds is 6. The molecule has 0 saturated carbocycles. The van der Waals surface area contributed by atoms with Crippen molar-refractivity contribution in [2.75, 3.05) is 0 Å². The summed E-state index contributed by atoms with van der Waals surface area (Å²) in [5, 5.41) is 13.5. The molecule has 21 heavy (non-hydrogen) atoms. The van der Waals surface area contributed by atoms with Crippen LogP contribution in [0.25, 0.3) is 0 Å². The van der Waals surface area contributed by atoms with E-state index >= 15 is 0 Å². The lowest BCUT2D eigenvalue weighted by Gasteiger charge is -2.21. The number of nitrogens with one attached hydrogen (secondary N) is 1. The minimum atomic E-state index is -0.568. The molecular weight excluding hydrogens is 294 g/mol. The van der Waals surface area contributed by atoms with Crippen molar-refractivity contribution in [2.45, 2.75) is 39.3 Å². The summed E-state index contributed by atoms with van der Waals surface area (Å²) in [6.45, 7) is 5.67. The van der Waals surface area contributed by atoms with Crippen molar-refractivity contribution in [1.29, 1.82) is 0 Å². The SMILES string of the molecule is CCC(C)C(N)C(=O)NC(C)c1cccc([N+](=O)[O-])c1.Cl. The molecule has 1 aromatic rings. The Morgan fingerprint density at radius 3 is 2.57 bits per heavy atom. The summed E-state index contributed by atoms with van der Waals surface area (Å²) in [5.74, 6) is -0.148. The van der Waals surface area contributed by atoms with Gasteiger partial charge in [-0.3, -0.25) is 14.9 Å². The molecule has 0 aromatic heterocycles. The van der Waals surface area contributed by atoms with Crippen molar-refractivity contribution in [2.24, 2.45) is 11.7 Å². The Labute approximate surface area is 130 Å². The van der Waals surface area contributed by atoms with Crippen molar-refractivity contribution in [1.82, 2.24) is 5.32 Å². The summed E-state index contributed by atoms with van der Waals surface area (Å²) < 4.78 is 0. The number of nitro groups is 1. The fraction of sp³-hybridized carbons (Fsp3) is 0.500. The molecule has 0 aliphatic rings. The molecule has 0 bridgehead atoms. The van der Waals surface area contributed by atoms with Crippen molar-refractivity contribution in [3.63, 3.8) is 0 Å². The third kappa shape index (κ3) is 5.32. The highest BCUT2D eigenvalue weighted by Gasteiger charge is 2.21. The number of nitrogens with zero attached hydrogens (tertiary/aromatic N) is 1. The van der Waals surface area contributed by atoms with Crippen LogP contribution in [-0.4, -0.2) is 16.9 Å². The second-order valence-electron chi connectivity index (χ2n) is 4.99. The van der Waals surface area contributed by atoms with Gasteiger partial charge in [0.1, 0.15) is 0 Å². The molecule has 3 N–H and O–H groups in total. The Bertz CT molecular complexity index is 496. The number of halogens is 1. The zero-order valence-electron chi connectivity index (χ0n) is 12.4. The molecule has 118 valence electrons. The molecule has 7 heteroatoms. The Kier molecular flexibility index (Phi) is 7.91. The molecule has 1 amide bonds. The highest BCUT2D eigenvalue weighted by molar-refractivity contribution is 5.85. The summed E-state index contributed by atoms with van der Waals surface area (Å²) in [7, 11) is 0. The summed E-state index contributed by atoms with van der Waals surface area (Å²) in [6, 6.07) is 5.33. The van der Waals surface area contributed by atoms with E-state index in [1.807, 2.05) is 13.8 Å². The average Bonchev–Trinajstić information content (AvgIpc) is 2.45. The van der Waals surface area contributed by atoms with Crippen LogP contribution in [0.3, 0.4) is 0 Å². The van der Waals surface area contributed by atoms with Crippen LogP contribution in [0, 0.1) is 16.0 Å². The highest BCUT2D eigenvalue weighted by atomic mass is 35.5. The van der Waals surface area contributed by atoms with Crippen LogP contribution in [0.1, 0.15) is 38.8 Å². The first kappa shape index (κ1) is 19.3. The van der Waals surface area contributed by atoms with Gasteiger partial charge in [-0.1, -0.05) is 32.4 Å². The van der Waals surface area contributed by atoms with Gasteiger partial charge in [-0.25, -0.2) is 0 Å². The van der Waals surface area contributed by atoms with E-state index < -0.39 is 11.0 Å². The second kappa shape index (κ2) is 8.59. The summed E-state index contributed by atoms with van der Waals surface area (Å²) in [4.78, 5) is 22.3. The lowest BCUT2D eigenvalue weighted by atomic mass is 9.98. The number of amides is 1. The van der Waals surface area contributed by atoms with Gasteiger partial charge in [0, 0.05) is 12.1 Å². The lowest BCUT2D eigenvalue weighted by molar-refractivity contribution is -0.384. The number of benzene rings is 1. The van der Waals surface area contributed by atoms with Gasteiger partial charge in [-0.15, -0.1) is 12.4 Å². The van der Waals surface area contributed by atoms with Crippen LogP contribution < -0.4 is 11.1 Å². The molecule has 1 aromatic carbocycles. The first-order chi connectivity index (χ1) is 9.36. The van der Waals surface area contributed by atoms with Crippen LogP contribution in [0.2, 0.25) is 0 Å². The van der Waals surface area contributed by atoms with Crippen molar-refractivity contribution < 1.29 is 9.72 Å². The van der Waals surface area contributed by atoms with E-state index in [-0.39, 0.29) is 36.0 Å². The van der Waals surface area contributed by atoms with E-state index in [9.17, 15) is 14.9 Å². The van der Waals surface area contributed by atoms with Crippen molar-refractivity contribution in [3.05, 3.63) is 39.9 Å². The molecule has 1 rings (SSSR count). The summed E-state index contributed by atoms with van der Waals surface area (Å²) in [6.07, 6.45) is 0.819. The largest absolute Gasteiger partial charge is 0.348 e. The zero-order chi connectivity index (χ0) is 15.3. The zero-order valence-corrected chi connectivity index (χ0v) is 13.2. The maximum Gasteiger partial charge on any atom is 0.269 e. The van der Waals surface area contributed by atoms with Gasteiger partial charge in [-0.2, -0.15) is 0 Å². The van der Waals surface area contributed by atoms with Gasteiger partial charge in [0.25, 0.3) is 5.69 Å². The number of hydrogen-bond acceptors (Lipinski definition) is 4. The number of nitrogens with two attached hydrogens (primary N) is 1. The topological polar surface area (TPSA) is 98.3 Å². The van der Waals surface area contributed by atoms with E-state index in [4.69, 9.17) is 5.73 Å². The molecular formula is C14H22ClN3O3. The Hall–Kier alpha value is -1.66. The summed E-state index contributed by atoms with van der Waals surface area (Å²) >= 11 is 0. The molecule has 3 unspecified atom stereocenters. The second-order valence-corrected chi connectivity index (χ2v) is 4.99. The summed E-state index contributed by atoms with van der Waals surface area (Å²) in [5.41, 5.74) is 6.55. The Morgan fingerprint density at radius 1 is 1.43 bits per heavy atom. The molecule has 0 fully saturated rings. The predicted octanol–water partition coefficient (Wildman–Crippen LogP) is 2.57. The minimum Gasteiger partial charge on any atom is -0.348 e. The first-order valence-electron chi connectivity index (χ1n) is 6.67. The number of carbonyl (C=O) groups is 1. The van der Waals surface area contributed by atoms with Crippen LogP contribution >= 0.6 is 12.4 Å². The normalized spacial score (nSPS) is 14.5. The number of nitro benzene ring substituents is 1. The van der Waals surface area contributed by atoms with E-state index in [1.54, 1.807) is 19.1 Å². The molecule has 0 aliphatic heterocycles. The maximum atomic E-state index is 12.0. The number of non-ortho nitro benzene ring substituents is 1. The quantitative estimate of drug-likeness (QED) is 0.622. The lowest BCUT2D eigenvalue weighted by Crippen LogP contribution is -2.45. The highest BCUT2D eigenvalue weighted by Crippen LogP contribution is 2.19. The van der Waals surface area contributed by atoms with Crippen LogP contribution in [0.5, 0.6) is 0 Å². The van der Waals surface area contributed by atoms with E-state index in [2.05, 4.69) is 5.32 Å². The molecule has 0 radical (unpaired) electrons. The fourth-order valence-electron chi connectivity index (χ4n) is 1.81. The first-order valence-corrected chi connectivity index (χ1v) is 6.67. The third-order valence-corrected chi connectivity index (χ3v) is 3.50. The standard InChI is InChI=1S/C14H21N3O3.ClH/c1-4-9(2)13(15)14(18)16-10(3)11-6-5-7-12(8-11)17(19)20;/h5-10,13H,4,15H2,1-3H3,(H,16,18);1H. The molecule has 0 aliphatic carbocycles. The minimum absolute atomic E-state index is 0.